The lowest BCUT2D eigenvalue weighted by Gasteiger charge is -2.46. The van der Waals surface area contributed by atoms with Gasteiger partial charge >= 0.3 is 0 Å². The van der Waals surface area contributed by atoms with Gasteiger partial charge in [0.05, 0.1) is 11.4 Å². The Morgan fingerprint density at radius 2 is 1.20 bits per heavy atom. The summed E-state index contributed by atoms with van der Waals surface area (Å²) in [5, 5.41) is 0. The third-order valence-corrected chi connectivity index (χ3v) is 14.4. The molecule has 1 aromatic heterocycles. The van der Waals surface area contributed by atoms with Gasteiger partial charge in [-0.2, -0.15) is 11.3 Å². The molecule has 2 aliphatic heterocycles. The van der Waals surface area contributed by atoms with E-state index >= 15 is 0 Å². The van der Waals surface area contributed by atoms with Crippen LogP contribution in [0.1, 0.15) is 109 Å². The normalized spacial score (nSPS) is 16.7. The minimum Gasteiger partial charge on any atom is -0.311 e. The molecule has 0 N–H and O–H groups in total. The first kappa shape index (κ1) is 36.1. The van der Waals surface area contributed by atoms with Crippen LogP contribution in [-0.4, -0.2) is 6.71 Å². The zero-order chi connectivity index (χ0) is 38.8. The van der Waals surface area contributed by atoms with Crippen molar-refractivity contribution in [2.24, 2.45) is 0 Å². The molecular weight excluding hydrogens is 683 g/mol. The van der Waals surface area contributed by atoms with Gasteiger partial charge in [-0.3, -0.25) is 0 Å². The standard InChI is InChI=1S/C51H55BN2S/c1-32-29-41-44-42(30-32)54(39-20-16-15-19-37(39)33-17-13-12-14-18-33)40-26-23-35(49(5,6)7)31-38(40)52(44)47-45(43-46(55-47)51(10,11)28-27-50(43,8)9)53(41)36-24-21-34(22-25-36)48(2,3)4/h12-26,29-31H,27-28H2,1-11H3. The van der Waals surface area contributed by atoms with Gasteiger partial charge in [0, 0.05) is 38.0 Å². The van der Waals surface area contributed by atoms with Crippen molar-refractivity contribution in [2.75, 3.05) is 9.80 Å². The summed E-state index contributed by atoms with van der Waals surface area (Å²) in [5.41, 5.74) is 18.9. The largest absolute Gasteiger partial charge is 0.311 e. The first-order valence-corrected chi connectivity index (χ1v) is 21.1. The molecule has 278 valence electrons. The second-order valence-corrected chi connectivity index (χ2v) is 20.9. The number of hydrogen-bond acceptors (Lipinski definition) is 3. The van der Waals surface area contributed by atoms with E-state index in [-0.39, 0.29) is 28.4 Å². The Hall–Kier alpha value is -4.54. The van der Waals surface area contributed by atoms with Gasteiger partial charge in [-0.1, -0.05) is 142 Å². The molecule has 0 amide bonds. The van der Waals surface area contributed by atoms with Gasteiger partial charge < -0.3 is 9.80 Å². The summed E-state index contributed by atoms with van der Waals surface area (Å²) < 4.78 is 1.49. The summed E-state index contributed by atoms with van der Waals surface area (Å²) >= 11 is 2.11. The highest BCUT2D eigenvalue weighted by atomic mass is 32.1. The lowest BCUT2D eigenvalue weighted by atomic mass is 9.35. The van der Waals surface area contributed by atoms with Crippen LogP contribution in [0.25, 0.3) is 11.1 Å². The lowest BCUT2D eigenvalue weighted by molar-refractivity contribution is 0.339. The van der Waals surface area contributed by atoms with E-state index in [4.69, 9.17) is 0 Å². The van der Waals surface area contributed by atoms with Crippen molar-refractivity contribution in [1.82, 2.24) is 0 Å². The minimum absolute atomic E-state index is 0.00912. The molecule has 6 aromatic rings. The maximum Gasteiger partial charge on any atom is 0.264 e. The molecule has 2 nitrogen and oxygen atoms in total. The average molecular weight is 739 g/mol. The van der Waals surface area contributed by atoms with Crippen LogP contribution in [0.5, 0.6) is 0 Å². The number of para-hydroxylation sites is 1. The van der Waals surface area contributed by atoms with E-state index in [1.807, 2.05) is 0 Å². The van der Waals surface area contributed by atoms with Gasteiger partial charge in [-0.05, 0) is 117 Å². The highest BCUT2D eigenvalue weighted by Gasteiger charge is 2.51. The van der Waals surface area contributed by atoms with Crippen LogP contribution >= 0.6 is 11.3 Å². The number of nitrogens with zero attached hydrogens (tertiary/aromatic N) is 2. The minimum atomic E-state index is 0.00912. The van der Waals surface area contributed by atoms with E-state index < -0.39 is 0 Å². The molecular formula is C51H55BN2S. The molecule has 5 aromatic carbocycles. The van der Waals surface area contributed by atoms with Crippen molar-refractivity contribution in [3.63, 3.8) is 0 Å². The molecule has 3 heterocycles. The zero-order valence-corrected chi connectivity index (χ0v) is 35.5. The molecule has 0 unspecified atom stereocenters. The number of rotatable bonds is 3. The smallest absolute Gasteiger partial charge is 0.264 e. The number of aryl methyl sites for hydroxylation is 1. The van der Waals surface area contributed by atoms with Crippen molar-refractivity contribution in [3.05, 3.63) is 136 Å². The van der Waals surface area contributed by atoms with Crippen molar-refractivity contribution in [1.29, 1.82) is 0 Å². The Labute approximate surface area is 334 Å². The average Bonchev–Trinajstić information content (AvgIpc) is 3.56. The van der Waals surface area contributed by atoms with Crippen LogP contribution in [0.2, 0.25) is 0 Å². The fraction of sp³-hybridized carbons (Fsp3) is 0.333. The molecule has 0 saturated heterocycles. The molecule has 0 fully saturated rings. The van der Waals surface area contributed by atoms with Crippen LogP contribution < -0.4 is 25.5 Å². The third-order valence-electron chi connectivity index (χ3n) is 12.8. The monoisotopic (exact) mass is 738 g/mol. The predicted molar refractivity (Wildman–Crippen MR) is 241 cm³/mol. The fourth-order valence-electron chi connectivity index (χ4n) is 9.55. The maximum atomic E-state index is 2.68. The van der Waals surface area contributed by atoms with Crippen LogP contribution in [0.4, 0.5) is 34.1 Å². The van der Waals surface area contributed by atoms with Crippen LogP contribution in [0.15, 0.2) is 109 Å². The molecule has 55 heavy (non-hydrogen) atoms. The number of fused-ring (bicyclic) bond motifs is 6. The lowest BCUT2D eigenvalue weighted by Crippen LogP contribution is -2.61. The molecule has 9 rings (SSSR count). The molecule has 0 atom stereocenters. The van der Waals surface area contributed by atoms with Crippen LogP contribution in [-0.2, 0) is 21.7 Å². The zero-order valence-electron chi connectivity index (χ0n) is 34.7. The molecule has 0 bridgehead atoms. The van der Waals surface area contributed by atoms with Crippen LogP contribution in [0, 0.1) is 6.92 Å². The van der Waals surface area contributed by atoms with Gasteiger partial charge in [0.25, 0.3) is 6.71 Å². The van der Waals surface area contributed by atoms with Crippen molar-refractivity contribution < 1.29 is 0 Å². The molecule has 4 heteroatoms. The van der Waals surface area contributed by atoms with E-state index in [0.717, 1.165) is 0 Å². The second kappa shape index (κ2) is 12.2. The quantitative estimate of drug-likeness (QED) is 0.167. The Morgan fingerprint density at radius 3 is 1.87 bits per heavy atom. The molecule has 0 saturated carbocycles. The Balaban J connectivity index is 1.41. The Bertz CT molecular complexity index is 2470. The van der Waals surface area contributed by atoms with E-state index in [2.05, 4.69) is 206 Å². The summed E-state index contributed by atoms with van der Waals surface area (Å²) in [4.78, 5) is 6.85. The van der Waals surface area contributed by atoms with Gasteiger partial charge in [-0.15, -0.1) is 0 Å². The van der Waals surface area contributed by atoms with E-state index in [0.29, 0.717) is 0 Å². The molecule has 0 spiro atoms. The Kier molecular flexibility index (Phi) is 8.03. The highest BCUT2D eigenvalue weighted by Crippen LogP contribution is 2.56. The summed E-state index contributed by atoms with van der Waals surface area (Å²) in [7, 11) is 0. The van der Waals surface area contributed by atoms with Gasteiger partial charge in [0.2, 0.25) is 0 Å². The number of hydrogen-bond donors (Lipinski definition) is 0. The fourth-order valence-corrected chi connectivity index (χ4v) is 11.3. The predicted octanol–water partition coefficient (Wildman–Crippen LogP) is 12.8. The highest BCUT2D eigenvalue weighted by molar-refractivity contribution is 7.29. The SMILES string of the molecule is Cc1cc2c3c(c1)N(c1ccc(C(C)(C)C)cc1)c1c(sc4c1C(C)(C)CCC4(C)C)B3c1cc(C(C)(C)C)ccc1N2c1ccccc1-c1ccccc1. The summed E-state index contributed by atoms with van der Waals surface area (Å²) in [6.07, 6.45) is 2.38. The van der Waals surface area contributed by atoms with E-state index in [1.54, 1.807) is 10.4 Å². The third kappa shape index (κ3) is 5.65. The van der Waals surface area contributed by atoms with Gasteiger partial charge in [0.1, 0.15) is 0 Å². The summed E-state index contributed by atoms with van der Waals surface area (Å²) in [6, 6.07) is 41.8. The summed E-state index contributed by atoms with van der Waals surface area (Å²) in [5.74, 6) is 0. The summed E-state index contributed by atoms with van der Waals surface area (Å²) in [6.45, 7) is 26.4. The number of thiophene rings is 1. The number of anilines is 6. The van der Waals surface area contributed by atoms with Crippen molar-refractivity contribution in [3.8, 4) is 11.1 Å². The second-order valence-electron chi connectivity index (χ2n) is 19.8. The molecule has 0 radical (unpaired) electrons. The van der Waals surface area contributed by atoms with Crippen molar-refractivity contribution >= 4 is 67.9 Å². The van der Waals surface area contributed by atoms with Gasteiger partial charge in [0.15, 0.2) is 0 Å². The maximum absolute atomic E-state index is 2.68. The van der Waals surface area contributed by atoms with Gasteiger partial charge in [-0.25, -0.2) is 0 Å². The topological polar surface area (TPSA) is 6.48 Å². The van der Waals surface area contributed by atoms with Crippen molar-refractivity contribution in [2.45, 2.75) is 111 Å². The first-order valence-electron chi connectivity index (χ1n) is 20.3. The number of benzene rings is 5. The van der Waals surface area contributed by atoms with E-state index in [1.165, 1.54) is 90.5 Å². The van der Waals surface area contributed by atoms with Crippen LogP contribution in [0.3, 0.4) is 0 Å². The Morgan fingerprint density at radius 1 is 0.600 bits per heavy atom. The van der Waals surface area contributed by atoms with E-state index in [9.17, 15) is 0 Å². The molecule has 1 aliphatic carbocycles. The molecule has 3 aliphatic rings. The first-order chi connectivity index (χ1) is 26.0.